The number of rotatable bonds is 7. The zero-order chi connectivity index (χ0) is 12.8. The SMILES string of the molecule is CC(C)CC(CN(C)C)NS(=O)(=O)CC#N. The molecule has 94 valence electrons. The molecular weight excluding hydrogens is 226 g/mol. The maximum absolute atomic E-state index is 11.5. The Kier molecular flexibility index (Phi) is 6.56. The molecule has 0 aromatic rings. The van der Waals surface area contributed by atoms with Crippen LogP contribution in [0.3, 0.4) is 0 Å². The fourth-order valence-corrected chi connectivity index (χ4v) is 2.48. The van der Waals surface area contributed by atoms with Crippen molar-refractivity contribution < 1.29 is 8.42 Å². The first-order valence-corrected chi connectivity index (χ1v) is 6.93. The fraction of sp³-hybridized carbons (Fsp3) is 0.900. The standard InChI is InChI=1S/C10H21N3O2S/c1-9(2)7-10(8-13(3)4)12-16(14,15)6-5-11/h9-10,12H,6-8H2,1-4H3. The summed E-state index contributed by atoms with van der Waals surface area (Å²) in [5.41, 5.74) is 0. The molecule has 0 fully saturated rings. The third-order valence-corrected chi connectivity index (χ3v) is 3.14. The van der Waals surface area contributed by atoms with Gasteiger partial charge in [-0.1, -0.05) is 13.8 Å². The van der Waals surface area contributed by atoms with Gasteiger partial charge in [-0.15, -0.1) is 0 Å². The third kappa shape index (κ3) is 7.63. The Morgan fingerprint density at radius 2 is 1.94 bits per heavy atom. The second kappa shape index (κ2) is 6.84. The number of nitrogens with one attached hydrogen (secondary N) is 1. The Labute approximate surface area is 98.5 Å². The first-order chi connectivity index (χ1) is 7.26. The van der Waals surface area contributed by atoms with Crippen LogP contribution < -0.4 is 4.72 Å². The minimum absolute atomic E-state index is 0.131. The average Bonchev–Trinajstić information content (AvgIpc) is 1.98. The van der Waals surface area contributed by atoms with Crippen LogP contribution in [0.25, 0.3) is 0 Å². The predicted molar refractivity (Wildman–Crippen MR) is 64.3 cm³/mol. The second-order valence-corrected chi connectivity index (χ2v) is 6.38. The summed E-state index contributed by atoms with van der Waals surface area (Å²) in [5, 5.41) is 8.40. The molecule has 5 nitrogen and oxygen atoms in total. The van der Waals surface area contributed by atoms with Crippen molar-refractivity contribution in [3.63, 3.8) is 0 Å². The molecule has 1 atom stereocenters. The maximum Gasteiger partial charge on any atom is 0.225 e. The van der Waals surface area contributed by atoms with Crippen LogP contribution in [0.5, 0.6) is 0 Å². The Bertz CT molecular complexity index is 320. The topological polar surface area (TPSA) is 73.2 Å². The van der Waals surface area contributed by atoms with Gasteiger partial charge in [0.05, 0.1) is 6.07 Å². The van der Waals surface area contributed by atoms with Gasteiger partial charge in [0.15, 0.2) is 5.75 Å². The van der Waals surface area contributed by atoms with Crippen molar-refractivity contribution in [2.24, 2.45) is 5.92 Å². The molecule has 6 heteroatoms. The van der Waals surface area contributed by atoms with Gasteiger partial charge in [-0.05, 0) is 26.4 Å². The second-order valence-electron chi connectivity index (χ2n) is 4.62. The predicted octanol–water partition coefficient (Wildman–Crippen LogP) is 0.406. The molecule has 0 amide bonds. The fourth-order valence-electron chi connectivity index (χ4n) is 1.55. The van der Waals surface area contributed by atoms with Gasteiger partial charge in [-0.25, -0.2) is 13.1 Å². The number of likely N-dealkylation sites (N-methyl/N-ethyl adjacent to an activating group) is 1. The van der Waals surface area contributed by atoms with E-state index >= 15 is 0 Å². The van der Waals surface area contributed by atoms with Gasteiger partial charge in [0.25, 0.3) is 0 Å². The summed E-state index contributed by atoms with van der Waals surface area (Å²) in [6.07, 6.45) is 0.767. The van der Waals surface area contributed by atoms with E-state index in [1.165, 1.54) is 0 Å². The lowest BCUT2D eigenvalue weighted by Crippen LogP contribution is -2.43. The average molecular weight is 247 g/mol. The summed E-state index contributed by atoms with van der Waals surface area (Å²) in [4.78, 5) is 1.93. The lowest BCUT2D eigenvalue weighted by molar-refractivity contribution is 0.329. The van der Waals surface area contributed by atoms with E-state index in [0.717, 1.165) is 6.42 Å². The van der Waals surface area contributed by atoms with Gasteiger partial charge in [0.1, 0.15) is 0 Å². The van der Waals surface area contributed by atoms with Gasteiger partial charge >= 0.3 is 0 Å². The molecule has 0 bridgehead atoms. The van der Waals surface area contributed by atoms with Crippen molar-refractivity contribution in [2.75, 3.05) is 26.4 Å². The lowest BCUT2D eigenvalue weighted by atomic mass is 10.0. The normalized spacial score (nSPS) is 14.1. The smallest absolute Gasteiger partial charge is 0.225 e. The number of nitrogens with zero attached hydrogens (tertiary/aromatic N) is 2. The van der Waals surface area contributed by atoms with Crippen LogP contribution in [0.2, 0.25) is 0 Å². The molecule has 1 N–H and O–H groups in total. The monoisotopic (exact) mass is 247 g/mol. The minimum Gasteiger partial charge on any atom is -0.308 e. The van der Waals surface area contributed by atoms with Crippen LogP contribution in [-0.2, 0) is 10.0 Å². The van der Waals surface area contributed by atoms with Crippen LogP contribution in [0.15, 0.2) is 0 Å². The molecule has 0 heterocycles. The van der Waals surface area contributed by atoms with Gasteiger partial charge in [0, 0.05) is 12.6 Å². The van der Waals surface area contributed by atoms with Gasteiger partial charge < -0.3 is 4.90 Å². The number of hydrogen-bond acceptors (Lipinski definition) is 4. The Morgan fingerprint density at radius 3 is 2.31 bits per heavy atom. The number of nitriles is 1. The van der Waals surface area contributed by atoms with Crippen molar-refractivity contribution in [1.29, 1.82) is 5.26 Å². The largest absolute Gasteiger partial charge is 0.308 e. The van der Waals surface area contributed by atoms with Crippen LogP contribution >= 0.6 is 0 Å². The lowest BCUT2D eigenvalue weighted by Gasteiger charge is -2.23. The molecule has 1 unspecified atom stereocenters. The van der Waals surface area contributed by atoms with Crippen molar-refractivity contribution >= 4 is 10.0 Å². The van der Waals surface area contributed by atoms with E-state index in [-0.39, 0.29) is 6.04 Å². The van der Waals surface area contributed by atoms with E-state index in [4.69, 9.17) is 5.26 Å². The highest BCUT2D eigenvalue weighted by atomic mass is 32.2. The van der Waals surface area contributed by atoms with Crippen LogP contribution in [0, 0.1) is 17.2 Å². The molecule has 0 aliphatic heterocycles. The highest BCUT2D eigenvalue weighted by Gasteiger charge is 2.19. The Balaban J connectivity index is 4.48. The zero-order valence-corrected chi connectivity index (χ0v) is 11.2. The molecule has 16 heavy (non-hydrogen) atoms. The van der Waals surface area contributed by atoms with Gasteiger partial charge in [0.2, 0.25) is 10.0 Å². The van der Waals surface area contributed by atoms with Gasteiger partial charge in [-0.3, -0.25) is 0 Å². The third-order valence-electron chi connectivity index (χ3n) is 1.94. The summed E-state index contributed by atoms with van der Waals surface area (Å²) in [6.45, 7) is 4.73. The Morgan fingerprint density at radius 1 is 1.38 bits per heavy atom. The number of sulfonamides is 1. The van der Waals surface area contributed by atoms with E-state index in [0.29, 0.717) is 12.5 Å². The van der Waals surface area contributed by atoms with Crippen LogP contribution in [0.4, 0.5) is 0 Å². The molecule has 0 saturated carbocycles. The molecule has 0 rings (SSSR count). The van der Waals surface area contributed by atoms with Crippen LogP contribution in [0.1, 0.15) is 20.3 Å². The van der Waals surface area contributed by atoms with E-state index in [9.17, 15) is 8.42 Å². The molecule has 0 aliphatic carbocycles. The quantitative estimate of drug-likeness (QED) is 0.707. The number of hydrogen-bond donors (Lipinski definition) is 1. The highest BCUT2D eigenvalue weighted by Crippen LogP contribution is 2.06. The molecule has 0 spiro atoms. The molecule has 0 radical (unpaired) electrons. The molecule has 0 aliphatic rings. The minimum atomic E-state index is -3.46. The summed E-state index contributed by atoms with van der Waals surface area (Å²) >= 11 is 0. The summed E-state index contributed by atoms with van der Waals surface area (Å²) in [5.74, 6) is -0.0654. The van der Waals surface area contributed by atoms with Crippen molar-refractivity contribution in [1.82, 2.24) is 9.62 Å². The van der Waals surface area contributed by atoms with Gasteiger partial charge in [-0.2, -0.15) is 5.26 Å². The summed E-state index contributed by atoms with van der Waals surface area (Å²) in [7, 11) is 0.330. The first-order valence-electron chi connectivity index (χ1n) is 5.28. The molecule has 0 aromatic heterocycles. The summed E-state index contributed by atoms with van der Waals surface area (Å²) < 4.78 is 25.5. The highest BCUT2D eigenvalue weighted by molar-refractivity contribution is 7.89. The molecular formula is C10H21N3O2S. The summed E-state index contributed by atoms with van der Waals surface area (Å²) in [6, 6.07) is 1.52. The van der Waals surface area contributed by atoms with Crippen molar-refractivity contribution in [3.05, 3.63) is 0 Å². The van der Waals surface area contributed by atoms with Crippen LogP contribution in [-0.4, -0.2) is 45.8 Å². The van der Waals surface area contributed by atoms with E-state index in [1.807, 2.05) is 32.8 Å². The molecule has 0 saturated heterocycles. The van der Waals surface area contributed by atoms with Crippen molar-refractivity contribution in [2.45, 2.75) is 26.3 Å². The first kappa shape index (κ1) is 15.4. The zero-order valence-electron chi connectivity index (χ0n) is 10.4. The van der Waals surface area contributed by atoms with E-state index < -0.39 is 15.8 Å². The Hall–Kier alpha value is -0.640. The molecule has 0 aromatic carbocycles. The van der Waals surface area contributed by atoms with E-state index in [1.54, 1.807) is 6.07 Å². The maximum atomic E-state index is 11.5. The van der Waals surface area contributed by atoms with Crippen molar-refractivity contribution in [3.8, 4) is 6.07 Å². The van der Waals surface area contributed by atoms with E-state index in [2.05, 4.69) is 4.72 Å².